The Morgan fingerprint density at radius 2 is 2.00 bits per heavy atom. The summed E-state index contributed by atoms with van der Waals surface area (Å²) in [6.07, 6.45) is 2.86. The number of carbonyl (C=O) groups is 2. The van der Waals surface area contributed by atoms with Crippen LogP contribution in [0.2, 0.25) is 0 Å². The summed E-state index contributed by atoms with van der Waals surface area (Å²) < 4.78 is 0. The molecule has 7 heteroatoms. The van der Waals surface area contributed by atoms with Crippen LogP contribution in [0, 0.1) is 5.92 Å². The van der Waals surface area contributed by atoms with E-state index in [-0.39, 0.29) is 24.7 Å². The number of benzene rings is 1. The minimum atomic E-state index is -0.0154. The number of rotatable bonds is 7. The maximum atomic E-state index is 12.7. The SMILES string of the molecule is O=C(CCC(=O)N1CCSc2ccccc21)NCC1CCCN(Cc2cccs2)C1. The number of amides is 2. The standard InChI is InChI=1S/C23H29N3O2S2/c27-22(9-10-23(28)26-12-14-30-21-8-2-1-7-20(21)26)24-15-18-5-3-11-25(16-18)17-19-6-4-13-29-19/h1-2,4,6-8,13,18H,3,5,9-12,14-17H2,(H,24,27). The highest BCUT2D eigenvalue weighted by atomic mass is 32.2. The molecule has 4 rings (SSSR count). The number of para-hydroxylation sites is 1. The summed E-state index contributed by atoms with van der Waals surface area (Å²) >= 11 is 3.59. The smallest absolute Gasteiger partial charge is 0.227 e. The first-order valence-corrected chi connectivity index (χ1v) is 12.6. The molecule has 1 fully saturated rings. The molecular formula is C23H29N3O2S2. The van der Waals surface area contributed by atoms with Crippen LogP contribution in [-0.4, -0.2) is 48.6 Å². The number of hydrogen-bond donors (Lipinski definition) is 1. The highest BCUT2D eigenvalue weighted by molar-refractivity contribution is 7.99. The van der Waals surface area contributed by atoms with Gasteiger partial charge in [0.05, 0.1) is 5.69 Å². The molecule has 1 saturated heterocycles. The van der Waals surface area contributed by atoms with Gasteiger partial charge in [-0.2, -0.15) is 0 Å². The molecule has 30 heavy (non-hydrogen) atoms. The first-order valence-electron chi connectivity index (χ1n) is 10.7. The van der Waals surface area contributed by atoms with Crippen molar-refractivity contribution in [2.75, 3.05) is 36.8 Å². The van der Waals surface area contributed by atoms with E-state index < -0.39 is 0 Å². The maximum absolute atomic E-state index is 12.7. The van der Waals surface area contributed by atoms with Gasteiger partial charge in [-0.05, 0) is 48.9 Å². The van der Waals surface area contributed by atoms with Crippen LogP contribution in [0.5, 0.6) is 0 Å². The van der Waals surface area contributed by atoms with Crippen molar-refractivity contribution in [3.8, 4) is 0 Å². The van der Waals surface area contributed by atoms with Crippen LogP contribution < -0.4 is 10.2 Å². The third-order valence-electron chi connectivity index (χ3n) is 5.75. The molecular weight excluding hydrogens is 414 g/mol. The highest BCUT2D eigenvalue weighted by Gasteiger charge is 2.24. The fourth-order valence-corrected chi connectivity index (χ4v) is 5.96. The van der Waals surface area contributed by atoms with Crippen LogP contribution in [0.25, 0.3) is 0 Å². The van der Waals surface area contributed by atoms with Gasteiger partial charge in [-0.3, -0.25) is 14.5 Å². The lowest BCUT2D eigenvalue weighted by Crippen LogP contribution is -2.41. The summed E-state index contributed by atoms with van der Waals surface area (Å²) in [7, 11) is 0. The van der Waals surface area contributed by atoms with E-state index in [1.54, 1.807) is 23.1 Å². The average molecular weight is 444 g/mol. The second-order valence-corrected chi connectivity index (χ2v) is 10.2. The average Bonchev–Trinajstić information content (AvgIpc) is 3.29. The van der Waals surface area contributed by atoms with Gasteiger partial charge in [0.15, 0.2) is 0 Å². The second kappa shape index (κ2) is 10.5. The number of thiophene rings is 1. The Labute approximate surface area is 186 Å². The zero-order valence-electron chi connectivity index (χ0n) is 17.2. The van der Waals surface area contributed by atoms with Gasteiger partial charge in [0.1, 0.15) is 0 Å². The van der Waals surface area contributed by atoms with E-state index in [0.29, 0.717) is 19.0 Å². The van der Waals surface area contributed by atoms with Crippen LogP contribution in [0.3, 0.4) is 0 Å². The van der Waals surface area contributed by atoms with Gasteiger partial charge in [-0.15, -0.1) is 23.1 Å². The number of nitrogens with one attached hydrogen (secondary N) is 1. The highest BCUT2D eigenvalue weighted by Crippen LogP contribution is 2.34. The molecule has 0 aliphatic carbocycles. The predicted octanol–water partition coefficient (Wildman–Crippen LogP) is 4.00. The molecule has 2 aromatic rings. The molecule has 3 heterocycles. The van der Waals surface area contributed by atoms with Crippen LogP contribution in [0.15, 0.2) is 46.7 Å². The number of carbonyl (C=O) groups excluding carboxylic acids is 2. The zero-order chi connectivity index (χ0) is 20.8. The van der Waals surface area contributed by atoms with E-state index >= 15 is 0 Å². The summed E-state index contributed by atoms with van der Waals surface area (Å²) in [6.45, 7) is 4.58. The minimum Gasteiger partial charge on any atom is -0.356 e. The molecule has 1 aromatic carbocycles. The molecule has 1 N–H and O–H groups in total. The number of nitrogens with zero attached hydrogens (tertiary/aromatic N) is 2. The molecule has 0 bridgehead atoms. The Morgan fingerprint density at radius 3 is 2.87 bits per heavy atom. The molecule has 0 radical (unpaired) electrons. The Morgan fingerprint density at radius 1 is 1.10 bits per heavy atom. The van der Waals surface area contributed by atoms with E-state index in [1.807, 2.05) is 23.1 Å². The molecule has 2 aliphatic heterocycles. The van der Waals surface area contributed by atoms with Crippen LogP contribution >= 0.6 is 23.1 Å². The van der Waals surface area contributed by atoms with Gasteiger partial charge in [-0.25, -0.2) is 0 Å². The molecule has 2 amide bonds. The number of likely N-dealkylation sites (tertiary alicyclic amines) is 1. The molecule has 0 saturated carbocycles. The summed E-state index contributed by atoms with van der Waals surface area (Å²) in [6, 6.07) is 12.3. The van der Waals surface area contributed by atoms with Gasteiger partial charge in [0.2, 0.25) is 11.8 Å². The largest absolute Gasteiger partial charge is 0.356 e. The van der Waals surface area contributed by atoms with Crippen molar-refractivity contribution in [1.82, 2.24) is 10.2 Å². The number of piperidine rings is 1. The summed E-state index contributed by atoms with van der Waals surface area (Å²) in [5, 5.41) is 5.20. The van der Waals surface area contributed by atoms with Crippen molar-refractivity contribution in [1.29, 1.82) is 0 Å². The summed E-state index contributed by atoms with van der Waals surface area (Å²) in [5.74, 6) is 1.42. The normalized spacial score (nSPS) is 19.3. The van der Waals surface area contributed by atoms with Crippen LogP contribution in [0.1, 0.15) is 30.6 Å². The summed E-state index contributed by atoms with van der Waals surface area (Å²) in [5.41, 5.74) is 0.979. The topological polar surface area (TPSA) is 52.7 Å². The van der Waals surface area contributed by atoms with Gasteiger partial charge < -0.3 is 10.2 Å². The number of anilines is 1. The first kappa shape index (κ1) is 21.4. The Kier molecular flexibility index (Phi) is 7.47. The second-order valence-electron chi connectivity index (χ2n) is 7.99. The van der Waals surface area contributed by atoms with Crippen molar-refractivity contribution >= 4 is 40.6 Å². The van der Waals surface area contributed by atoms with E-state index in [0.717, 1.165) is 42.4 Å². The monoisotopic (exact) mass is 443 g/mol. The van der Waals surface area contributed by atoms with Crippen molar-refractivity contribution in [3.05, 3.63) is 46.7 Å². The number of hydrogen-bond acceptors (Lipinski definition) is 5. The Balaban J connectivity index is 1.19. The molecule has 0 spiro atoms. The van der Waals surface area contributed by atoms with E-state index in [4.69, 9.17) is 0 Å². The number of thioether (sulfide) groups is 1. The minimum absolute atomic E-state index is 0.0154. The van der Waals surface area contributed by atoms with Crippen molar-refractivity contribution in [3.63, 3.8) is 0 Å². The fraction of sp³-hybridized carbons (Fsp3) is 0.478. The van der Waals surface area contributed by atoms with Gasteiger partial charge in [0.25, 0.3) is 0 Å². The third kappa shape index (κ3) is 5.65. The molecule has 1 unspecified atom stereocenters. The maximum Gasteiger partial charge on any atom is 0.227 e. The Bertz CT molecular complexity index is 856. The van der Waals surface area contributed by atoms with E-state index in [9.17, 15) is 9.59 Å². The lowest BCUT2D eigenvalue weighted by atomic mass is 9.98. The van der Waals surface area contributed by atoms with Crippen LogP contribution in [0.4, 0.5) is 5.69 Å². The predicted molar refractivity (Wildman–Crippen MR) is 124 cm³/mol. The van der Waals surface area contributed by atoms with Crippen LogP contribution in [-0.2, 0) is 16.1 Å². The van der Waals surface area contributed by atoms with Gasteiger partial charge >= 0.3 is 0 Å². The van der Waals surface area contributed by atoms with E-state index in [1.165, 1.54) is 11.3 Å². The molecule has 1 aromatic heterocycles. The van der Waals surface area contributed by atoms with Gasteiger partial charge in [-0.1, -0.05) is 18.2 Å². The molecule has 160 valence electrons. The van der Waals surface area contributed by atoms with Crippen molar-refractivity contribution in [2.24, 2.45) is 5.92 Å². The summed E-state index contributed by atoms with van der Waals surface area (Å²) in [4.78, 5) is 31.9. The fourth-order valence-electron chi connectivity index (χ4n) is 4.22. The molecule has 5 nitrogen and oxygen atoms in total. The lowest BCUT2D eigenvalue weighted by Gasteiger charge is -2.32. The zero-order valence-corrected chi connectivity index (χ0v) is 18.9. The van der Waals surface area contributed by atoms with E-state index in [2.05, 4.69) is 33.8 Å². The molecule has 2 aliphatic rings. The number of fused-ring (bicyclic) bond motifs is 1. The van der Waals surface area contributed by atoms with Gasteiger partial charge in [0, 0.05) is 54.5 Å². The third-order valence-corrected chi connectivity index (χ3v) is 7.65. The quantitative estimate of drug-likeness (QED) is 0.703. The van der Waals surface area contributed by atoms with Crippen molar-refractivity contribution in [2.45, 2.75) is 37.1 Å². The van der Waals surface area contributed by atoms with Crippen molar-refractivity contribution < 1.29 is 9.59 Å². The lowest BCUT2D eigenvalue weighted by molar-refractivity contribution is -0.125. The Hall–Kier alpha value is -1.83. The first-order chi connectivity index (χ1) is 14.7. The molecule has 1 atom stereocenters.